The van der Waals surface area contributed by atoms with Crippen LogP contribution in [0.4, 0.5) is 0 Å². The lowest BCUT2D eigenvalue weighted by molar-refractivity contribution is 0.0693. The predicted octanol–water partition coefficient (Wildman–Crippen LogP) is 6.11. The van der Waals surface area contributed by atoms with E-state index < -0.39 is 0 Å². The molecular formula is C48H58N10O5. The molecule has 4 aliphatic rings. The topological polar surface area (TPSA) is 182 Å². The van der Waals surface area contributed by atoms with Gasteiger partial charge in [-0.1, -0.05) is 20.8 Å². The summed E-state index contributed by atoms with van der Waals surface area (Å²) < 4.78 is 20.8. The van der Waals surface area contributed by atoms with Gasteiger partial charge in [0.05, 0.1) is 49.9 Å². The first-order valence-electron chi connectivity index (χ1n) is 22.1. The summed E-state index contributed by atoms with van der Waals surface area (Å²) in [5, 5.41) is 0. The first-order chi connectivity index (χ1) is 30.4. The largest absolute Gasteiger partial charge is 0.495 e. The molecule has 6 atom stereocenters. The second kappa shape index (κ2) is 16.6. The Bertz CT molecular complexity index is 2740. The van der Waals surface area contributed by atoms with E-state index in [0.29, 0.717) is 45.7 Å². The zero-order valence-electron chi connectivity index (χ0n) is 37.5. The van der Waals surface area contributed by atoms with Gasteiger partial charge in [0.2, 0.25) is 0 Å². The van der Waals surface area contributed by atoms with Crippen molar-refractivity contribution in [2.24, 2.45) is 37.4 Å². The average molecular weight is 855 g/mol. The Balaban J connectivity index is 0.000000160. The quantitative estimate of drug-likeness (QED) is 0.171. The van der Waals surface area contributed by atoms with Gasteiger partial charge in [-0.3, -0.25) is 19.6 Å². The van der Waals surface area contributed by atoms with E-state index in [1.165, 1.54) is 0 Å². The van der Waals surface area contributed by atoms with Gasteiger partial charge in [-0.25, -0.2) is 9.97 Å². The van der Waals surface area contributed by atoms with Crippen LogP contribution in [0.25, 0.3) is 44.8 Å². The summed E-state index contributed by atoms with van der Waals surface area (Å²) in [5.41, 5.74) is 20.8. The molecule has 10 rings (SSSR count). The molecule has 4 aromatic heterocycles. The van der Waals surface area contributed by atoms with Crippen LogP contribution >= 0.6 is 0 Å². The van der Waals surface area contributed by atoms with Crippen molar-refractivity contribution in [1.82, 2.24) is 38.9 Å². The summed E-state index contributed by atoms with van der Waals surface area (Å²) in [6.45, 7) is 7.78. The maximum Gasteiger partial charge on any atom is 0.254 e. The molecule has 6 aromatic rings. The highest BCUT2D eigenvalue weighted by molar-refractivity contribution is 6.01. The minimum absolute atomic E-state index is 0.00246. The number of hydrogen-bond donors (Lipinski definition) is 2. The number of carbonyl (C=O) groups excluding carboxylic acids is 2. The number of methoxy groups -OCH3 is 3. The van der Waals surface area contributed by atoms with Crippen LogP contribution in [0.2, 0.25) is 0 Å². The van der Waals surface area contributed by atoms with Crippen LogP contribution in [-0.2, 0) is 20.5 Å². The number of benzene rings is 2. The molecule has 2 saturated carbocycles. The molecule has 2 amide bonds. The summed E-state index contributed by atoms with van der Waals surface area (Å²) in [5.74, 6) is 4.62. The summed E-state index contributed by atoms with van der Waals surface area (Å²) in [6, 6.07) is 13.8. The molecule has 2 saturated heterocycles. The van der Waals surface area contributed by atoms with E-state index in [1.807, 2.05) is 81.7 Å². The minimum Gasteiger partial charge on any atom is -0.495 e. The van der Waals surface area contributed by atoms with Crippen LogP contribution < -0.4 is 25.7 Å². The van der Waals surface area contributed by atoms with Crippen LogP contribution in [0.15, 0.2) is 54.9 Å². The molecule has 2 aliphatic carbocycles. The fraction of sp³-hybridized carbons (Fsp3) is 0.458. The SMILES string of the molecule is CCc1ncc(OC)cc1-c1nc2cc(C(=O)N3C[C@H]4CC[C@@H]3[C@@H]4N)cc(OC)c2n1C.COc1cc(C(=O)N2C[C@H]3CC[C@@H]2[C@@H]3N)cc2nc(-c3cccnc3C(C)C)n(C)c12. The van der Waals surface area contributed by atoms with E-state index in [1.54, 1.807) is 27.5 Å². The Hall–Kier alpha value is -6.06. The zero-order valence-corrected chi connectivity index (χ0v) is 37.5. The number of fused-ring (bicyclic) bond motifs is 6. The summed E-state index contributed by atoms with van der Waals surface area (Å²) >= 11 is 0. The van der Waals surface area contributed by atoms with Gasteiger partial charge in [-0.2, -0.15) is 0 Å². The molecule has 15 heteroatoms. The van der Waals surface area contributed by atoms with Crippen molar-refractivity contribution in [3.63, 3.8) is 0 Å². The highest BCUT2D eigenvalue weighted by Crippen LogP contribution is 2.41. The Labute approximate surface area is 367 Å². The first-order valence-corrected chi connectivity index (χ1v) is 22.1. The van der Waals surface area contributed by atoms with Crippen molar-refractivity contribution >= 4 is 33.9 Å². The minimum atomic E-state index is -0.00246. The van der Waals surface area contributed by atoms with Crippen LogP contribution in [0.5, 0.6) is 17.2 Å². The summed E-state index contributed by atoms with van der Waals surface area (Å²) in [4.78, 5) is 49.6. The Morgan fingerprint density at radius 1 is 0.730 bits per heavy atom. The van der Waals surface area contributed by atoms with E-state index in [4.69, 9.17) is 35.6 Å². The van der Waals surface area contributed by atoms with Crippen molar-refractivity contribution in [3.8, 4) is 40.0 Å². The monoisotopic (exact) mass is 854 g/mol. The van der Waals surface area contributed by atoms with Crippen LogP contribution in [-0.4, -0.2) is 109 Å². The molecule has 2 aromatic carbocycles. The van der Waals surface area contributed by atoms with Crippen molar-refractivity contribution in [1.29, 1.82) is 0 Å². The fourth-order valence-electron chi connectivity index (χ4n) is 10.7. The molecule has 0 spiro atoms. The number of nitrogens with zero attached hydrogens (tertiary/aromatic N) is 8. The lowest BCUT2D eigenvalue weighted by Crippen LogP contribution is -2.41. The number of aryl methyl sites for hydroxylation is 3. The van der Waals surface area contributed by atoms with Gasteiger partial charge in [0.25, 0.3) is 11.8 Å². The van der Waals surface area contributed by atoms with E-state index >= 15 is 0 Å². The normalized spacial score (nSPS) is 22.3. The third-order valence-electron chi connectivity index (χ3n) is 14.0. The highest BCUT2D eigenvalue weighted by Gasteiger charge is 2.48. The molecular weight excluding hydrogens is 797 g/mol. The zero-order chi connectivity index (χ0) is 44.4. The number of likely N-dealkylation sites (tertiary alicyclic amines) is 2. The van der Waals surface area contributed by atoms with E-state index in [-0.39, 0.29) is 41.9 Å². The van der Waals surface area contributed by atoms with Crippen molar-refractivity contribution in [2.45, 2.75) is 83.0 Å². The van der Waals surface area contributed by atoms with Gasteiger partial charge in [-0.05, 0) is 92.3 Å². The van der Waals surface area contributed by atoms with Crippen molar-refractivity contribution in [2.75, 3.05) is 34.4 Å². The lowest BCUT2D eigenvalue weighted by Gasteiger charge is -2.27. The molecule has 4 fully saturated rings. The molecule has 63 heavy (non-hydrogen) atoms. The van der Waals surface area contributed by atoms with E-state index in [9.17, 15) is 9.59 Å². The molecule has 6 heterocycles. The lowest BCUT2D eigenvalue weighted by atomic mass is 10.0. The summed E-state index contributed by atoms with van der Waals surface area (Å²) in [6.07, 6.45) is 8.49. The Morgan fingerprint density at radius 2 is 1.25 bits per heavy atom. The maximum atomic E-state index is 13.4. The number of rotatable bonds is 9. The number of aromatic nitrogens is 6. The number of pyridine rings is 2. The number of hydrogen-bond acceptors (Lipinski definition) is 11. The number of ether oxygens (including phenoxy) is 3. The molecule has 330 valence electrons. The van der Waals surface area contributed by atoms with Gasteiger partial charge >= 0.3 is 0 Å². The Morgan fingerprint density at radius 3 is 1.68 bits per heavy atom. The van der Waals surface area contributed by atoms with Crippen LogP contribution in [0.1, 0.15) is 84.5 Å². The standard InChI is InChI=1S/C24H29N5O3.C24H29N5O2/c1-5-17-16(10-15(31-3)11-26-17)23-27-18-8-14(9-20(32-4)22(18)28(23)2)24(30)29-12-13-6-7-19(29)21(13)25;1-13(2)21-16(6-5-9-26-21)23-27-17-10-15(11-19(31-4)22(17)28(23)3)24(30)29-12-14-7-8-18(29)20(14)25/h8-11,13,19,21H,5-7,12,25H2,1-4H3;5-6,9-11,13-14,18,20H,7-8,12,25H2,1-4H3/t13-,19-,21-;14-,18-,20-/m11/s1. The van der Waals surface area contributed by atoms with Crippen LogP contribution in [0, 0.1) is 11.8 Å². The van der Waals surface area contributed by atoms with Gasteiger partial charge in [-0.15, -0.1) is 0 Å². The molecule has 15 nitrogen and oxygen atoms in total. The number of nitrogens with two attached hydrogens (primary N) is 2. The van der Waals surface area contributed by atoms with E-state index in [0.717, 1.165) is 95.9 Å². The van der Waals surface area contributed by atoms with Crippen LogP contribution in [0.3, 0.4) is 0 Å². The number of imidazole rings is 2. The second-order valence-corrected chi connectivity index (χ2v) is 17.8. The summed E-state index contributed by atoms with van der Waals surface area (Å²) in [7, 11) is 8.80. The predicted molar refractivity (Wildman–Crippen MR) is 242 cm³/mol. The van der Waals surface area contributed by atoms with Crippen molar-refractivity contribution in [3.05, 3.63) is 77.4 Å². The molecule has 4 N–H and O–H groups in total. The highest BCUT2D eigenvalue weighted by atomic mass is 16.5. The van der Waals surface area contributed by atoms with Gasteiger partial charge < -0.3 is 44.6 Å². The number of amides is 2. The fourth-order valence-corrected chi connectivity index (χ4v) is 10.7. The second-order valence-electron chi connectivity index (χ2n) is 17.8. The number of carbonyl (C=O) groups is 2. The maximum absolute atomic E-state index is 13.4. The Kier molecular flexibility index (Phi) is 11.1. The van der Waals surface area contributed by atoms with E-state index in [2.05, 4.69) is 30.7 Å². The van der Waals surface area contributed by atoms with Gasteiger partial charge in [0.15, 0.2) is 0 Å². The molecule has 0 radical (unpaired) electrons. The van der Waals surface area contributed by atoms with Gasteiger partial charge in [0, 0.05) is 79.8 Å². The van der Waals surface area contributed by atoms with Gasteiger partial charge in [0.1, 0.15) is 39.9 Å². The molecule has 0 unspecified atom stereocenters. The molecule has 2 aliphatic heterocycles. The third kappa shape index (κ3) is 7.05. The average Bonchev–Trinajstić information content (AvgIpc) is 4.16. The first kappa shape index (κ1) is 42.3. The third-order valence-corrected chi connectivity index (χ3v) is 14.0. The molecule has 4 bridgehead atoms. The van der Waals surface area contributed by atoms with Crippen molar-refractivity contribution < 1.29 is 23.8 Å². The number of piperidine rings is 2. The smallest absolute Gasteiger partial charge is 0.254 e.